The molecular formula is C12H20ClN3. The van der Waals surface area contributed by atoms with Crippen LogP contribution in [0.5, 0.6) is 0 Å². The Kier molecular flexibility index (Phi) is 4.42. The van der Waals surface area contributed by atoms with Gasteiger partial charge in [0.25, 0.3) is 0 Å². The number of hydrogen-bond donors (Lipinski definition) is 1. The number of aromatic nitrogens is 1. The molecule has 3 nitrogen and oxygen atoms in total. The Bertz CT molecular complexity index is 352. The van der Waals surface area contributed by atoms with Gasteiger partial charge in [0.1, 0.15) is 0 Å². The monoisotopic (exact) mass is 241 g/mol. The van der Waals surface area contributed by atoms with Crippen LogP contribution < -0.4 is 10.6 Å². The molecule has 90 valence electrons. The Morgan fingerprint density at radius 3 is 2.56 bits per heavy atom. The lowest BCUT2D eigenvalue weighted by Gasteiger charge is -2.28. The van der Waals surface area contributed by atoms with E-state index in [0.717, 1.165) is 12.2 Å². The number of anilines is 2. The van der Waals surface area contributed by atoms with Gasteiger partial charge in [-0.2, -0.15) is 0 Å². The SMILES string of the molecule is CC(C)CC(C)N(C)c1ncc(Cl)cc1N. The third-order valence-electron chi connectivity index (χ3n) is 2.67. The average Bonchev–Trinajstić information content (AvgIpc) is 2.15. The van der Waals surface area contributed by atoms with Crippen LogP contribution in [0, 0.1) is 5.92 Å². The average molecular weight is 242 g/mol. The molecule has 2 N–H and O–H groups in total. The second-order valence-electron chi connectivity index (χ2n) is 4.66. The quantitative estimate of drug-likeness (QED) is 0.881. The fourth-order valence-electron chi connectivity index (χ4n) is 1.79. The normalized spacial score (nSPS) is 12.9. The maximum atomic E-state index is 5.90. The molecule has 0 aliphatic rings. The second kappa shape index (κ2) is 5.39. The van der Waals surface area contributed by atoms with Crippen molar-refractivity contribution in [2.45, 2.75) is 33.2 Å². The zero-order valence-corrected chi connectivity index (χ0v) is 11.1. The summed E-state index contributed by atoms with van der Waals surface area (Å²) in [5.41, 5.74) is 6.53. The lowest BCUT2D eigenvalue weighted by molar-refractivity contribution is 0.502. The summed E-state index contributed by atoms with van der Waals surface area (Å²) < 4.78 is 0. The smallest absolute Gasteiger partial charge is 0.151 e. The van der Waals surface area contributed by atoms with Crippen LogP contribution in [-0.2, 0) is 0 Å². The van der Waals surface area contributed by atoms with Crippen LogP contribution in [0.4, 0.5) is 11.5 Å². The maximum Gasteiger partial charge on any atom is 0.151 e. The Morgan fingerprint density at radius 1 is 1.44 bits per heavy atom. The van der Waals surface area contributed by atoms with Gasteiger partial charge in [-0.15, -0.1) is 0 Å². The van der Waals surface area contributed by atoms with Crippen LogP contribution in [0.3, 0.4) is 0 Å². The summed E-state index contributed by atoms with van der Waals surface area (Å²) in [7, 11) is 2.01. The van der Waals surface area contributed by atoms with Crippen molar-refractivity contribution >= 4 is 23.1 Å². The minimum Gasteiger partial charge on any atom is -0.396 e. The summed E-state index contributed by atoms with van der Waals surface area (Å²) >= 11 is 5.82. The third-order valence-corrected chi connectivity index (χ3v) is 2.88. The Morgan fingerprint density at radius 2 is 2.06 bits per heavy atom. The summed E-state index contributed by atoms with van der Waals surface area (Å²) in [5, 5.41) is 0.575. The van der Waals surface area contributed by atoms with E-state index in [4.69, 9.17) is 17.3 Å². The van der Waals surface area contributed by atoms with Crippen molar-refractivity contribution in [1.29, 1.82) is 0 Å². The predicted molar refractivity (Wildman–Crippen MR) is 71.0 cm³/mol. The van der Waals surface area contributed by atoms with E-state index in [1.54, 1.807) is 12.3 Å². The van der Waals surface area contributed by atoms with Gasteiger partial charge in [0.05, 0.1) is 10.7 Å². The fourth-order valence-corrected chi connectivity index (χ4v) is 1.96. The molecule has 1 rings (SSSR count). The lowest BCUT2D eigenvalue weighted by atomic mass is 10.0. The van der Waals surface area contributed by atoms with Crippen LogP contribution in [0.2, 0.25) is 5.02 Å². The van der Waals surface area contributed by atoms with Gasteiger partial charge in [0, 0.05) is 19.3 Å². The molecule has 1 aromatic rings. The van der Waals surface area contributed by atoms with Crippen molar-refractivity contribution in [1.82, 2.24) is 4.98 Å². The van der Waals surface area contributed by atoms with Crippen molar-refractivity contribution in [3.8, 4) is 0 Å². The number of hydrogen-bond acceptors (Lipinski definition) is 3. The van der Waals surface area contributed by atoms with E-state index in [0.29, 0.717) is 22.7 Å². The number of pyridine rings is 1. The highest BCUT2D eigenvalue weighted by Crippen LogP contribution is 2.25. The minimum atomic E-state index is 0.413. The van der Waals surface area contributed by atoms with Gasteiger partial charge in [-0.1, -0.05) is 25.4 Å². The maximum absolute atomic E-state index is 5.90. The van der Waals surface area contributed by atoms with E-state index < -0.39 is 0 Å². The van der Waals surface area contributed by atoms with Gasteiger partial charge >= 0.3 is 0 Å². The highest BCUT2D eigenvalue weighted by Gasteiger charge is 2.15. The molecule has 1 unspecified atom stereocenters. The molecule has 1 heterocycles. The molecule has 0 aromatic carbocycles. The highest BCUT2D eigenvalue weighted by atomic mass is 35.5. The second-order valence-corrected chi connectivity index (χ2v) is 5.09. The molecule has 0 radical (unpaired) electrons. The number of nitrogens with zero attached hydrogens (tertiary/aromatic N) is 2. The number of nitrogen functional groups attached to an aromatic ring is 1. The molecule has 0 saturated heterocycles. The molecule has 0 fully saturated rings. The fraction of sp³-hybridized carbons (Fsp3) is 0.583. The summed E-state index contributed by atoms with van der Waals surface area (Å²) in [5.74, 6) is 1.46. The van der Waals surface area contributed by atoms with Crippen molar-refractivity contribution < 1.29 is 0 Å². The van der Waals surface area contributed by atoms with E-state index in [1.165, 1.54) is 0 Å². The van der Waals surface area contributed by atoms with Crippen LogP contribution in [0.15, 0.2) is 12.3 Å². The van der Waals surface area contributed by atoms with Crippen LogP contribution in [-0.4, -0.2) is 18.1 Å². The van der Waals surface area contributed by atoms with E-state index >= 15 is 0 Å². The predicted octanol–water partition coefficient (Wildman–Crippen LogP) is 3.19. The molecule has 0 bridgehead atoms. The Balaban J connectivity index is 2.83. The van der Waals surface area contributed by atoms with E-state index in [2.05, 4.69) is 30.7 Å². The Labute approximate surface area is 103 Å². The first kappa shape index (κ1) is 13.1. The van der Waals surface area contributed by atoms with Crippen molar-refractivity contribution in [2.75, 3.05) is 17.7 Å². The van der Waals surface area contributed by atoms with Gasteiger partial charge in [0.2, 0.25) is 0 Å². The topological polar surface area (TPSA) is 42.2 Å². The van der Waals surface area contributed by atoms with E-state index in [-0.39, 0.29) is 0 Å². The van der Waals surface area contributed by atoms with Crippen LogP contribution >= 0.6 is 11.6 Å². The molecule has 4 heteroatoms. The van der Waals surface area contributed by atoms with Crippen molar-refractivity contribution in [3.63, 3.8) is 0 Å². The largest absolute Gasteiger partial charge is 0.396 e. The van der Waals surface area contributed by atoms with E-state index in [9.17, 15) is 0 Å². The summed E-state index contributed by atoms with van der Waals surface area (Å²) in [6.45, 7) is 6.60. The highest BCUT2D eigenvalue weighted by molar-refractivity contribution is 6.30. The zero-order valence-electron chi connectivity index (χ0n) is 10.4. The van der Waals surface area contributed by atoms with E-state index in [1.807, 2.05) is 7.05 Å². The number of rotatable bonds is 4. The molecule has 1 aromatic heterocycles. The Hall–Kier alpha value is -0.960. The van der Waals surface area contributed by atoms with Gasteiger partial charge < -0.3 is 10.6 Å². The molecule has 0 spiro atoms. The zero-order chi connectivity index (χ0) is 12.3. The standard InChI is InChI=1S/C12H20ClN3/c1-8(2)5-9(3)16(4)12-11(14)6-10(13)7-15-12/h6-9H,5,14H2,1-4H3. The molecule has 0 aliphatic heterocycles. The molecule has 16 heavy (non-hydrogen) atoms. The molecule has 0 saturated carbocycles. The number of nitrogens with two attached hydrogens (primary N) is 1. The van der Waals surface area contributed by atoms with Crippen molar-refractivity contribution in [3.05, 3.63) is 17.3 Å². The first-order valence-corrected chi connectivity index (χ1v) is 5.93. The third kappa shape index (κ3) is 3.27. The van der Waals surface area contributed by atoms with Crippen molar-refractivity contribution in [2.24, 2.45) is 5.92 Å². The lowest BCUT2D eigenvalue weighted by Crippen LogP contribution is -2.31. The van der Waals surface area contributed by atoms with Gasteiger partial charge in [-0.25, -0.2) is 4.98 Å². The van der Waals surface area contributed by atoms with Crippen LogP contribution in [0.25, 0.3) is 0 Å². The molecule has 0 amide bonds. The molecule has 0 aliphatic carbocycles. The summed E-state index contributed by atoms with van der Waals surface area (Å²) in [6, 6.07) is 2.15. The summed E-state index contributed by atoms with van der Waals surface area (Å²) in [6.07, 6.45) is 2.74. The van der Waals surface area contributed by atoms with Crippen LogP contribution in [0.1, 0.15) is 27.2 Å². The minimum absolute atomic E-state index is 0.413. The van der Waals surface area contributed by atoms with Gasteiger partial charge in [-0.05, 0) is 25.3 Å². The summed E-state index contributed by atoms with van der Waals surface area (Å²) in [4.78, 5) is 6.38. The number of halogens is 1. The first-order valence-electron chi connectivity index (χ1n) is 5.55. The van der Waals surface area contributed by atoms with Gasteiger partial charge in [-0.3, -0.25) is 0 Å². The molecular weight excluding hydrogens is 222 g/mol. The first-order chi connectivity index (χ1) is 7.41. The molecule has 1 atom stereocenters. The van der Waals surface area contributed by atoms with Gasteiger partial charge in [0.15, 0.2) is 5.82 Å².